The van der Waals surface area contributed by atoms with Crippen molar-refractivity contribution in [3.63, 3.8) is 0 Å². The molecule has 0 spiro atoms. The lowest BCUT2D eigenvalue weighted by Gasteiger charge is -2.09. The quantitative estimate of drug-likeness (QED) is 0.877. The van der Waals surface area contributed by atoms with Crippen molar-refractivity contribution in [3.8, 4) is 11.5 Å². The molecule has 0 saturated heterocycles. The molecule has 0 saturated carbocycles. The zero-order valence-electron chi connectivity index (χ0n) is 11.7. The first-order valence-electron chi connectivity index (χ1n) is 6.50. The molecule has 2 rings (SSSR count). The van der Waals surface area contributed by atoms with E-state index < -0.39 is 0 Å². The van der Waals surface area contributed by atoms with Crippen molar-refractivity contribution in [1.29, 1.82) is 0 Å². The van der Waals surface area contributed by atoms with Gasteiger partial charge in [-0.25, -0.2) is 4.39 Å². The number of quaternary nitrogens is 1. The van der Waals surface area contributed by atoms with E-state index >= 15 is 0 Å². The second-order valence-corrected chi connectivity index (χ2v) is 4.50. The summed E-state index contributed by atoms with van der Waals surface area (Å²) in [6.07, 6.45) is 0. The number of hydrogen-bond acceptors (Lipinski definition) is 2. The van der Waals surface area contributed by atoms with Crippen LogP contribution in [0.1, 0.15) is 11.1 Å². The molecule has 0 aliphatic carbocycles. The molecular weight excluding hydrogens is 257 g/mol. The lowest BCUT2D eigenvalue weighted by atomic mass is 10.1. The summed E-state index contributed by atoms with van der Waals surface area (Å²) in [6, 6.07) is 12.4. The Morgan fingerprint density at radius 1 is 0.950 bits per heavy atom. The van der Waals surface area contributed by atoms with Gasteiger partial charge < -0.3 is 14.8 Å². The van der Waals surface area contributed by atoms with Crippen molar-refractivity contribution in [2.75, 3.05) is 14.2 Å². The molecule has 0 aliphatic rings. The van der Waals surface area contributed by atoms with Crippen LogP contribution < -0.4 is 14.8 Å². The monoisotopic (exact) mass is 276 g/mol. The number of halogens is 1. The highest BCUT2D eigenvalue weighted by atomic mass is 19.1. The summed E-state index contributed by atoms with van der Waals surface area (Å²) in [5, 5.41) is 2.15. The first-order valence-corrected chi connectivity index (χ1v) is 6.50. The second-order valence-electron chi connectivity index (χ2n) is 4.50. The van der Waals surface area contributed by atoms with Crippen molar-refractivity contribution < 1.29 is 19.2 Å². The Labute approximate surface area is 118 Å². The van der Waals surface area contributed by atoms with E-state index in [-0.39, 0.29) is 5.82 Å². The Kier molecular flexibility index (Phi) is 4.96. The van der Waals surface area contributed by atoms with Crippen molar-refractivity contribution in [1.82, 2.24) is 0 Å². The lowest BCUT2D eigenvalue weighted by molar-refractivity contribution is -0.686. The maximum atomic E-state index is 12.8. The molecule has 3 nitrogen and oxygen atoms in total. The van der Waals surface area contributed by atoms with Crippen LogP contribution >= 0.6 is 0 Å². The molecule has 0 bridgehead atoms. The summed E-state index contributed by atoms with van der Waals surface area (Å²) in [7, 11) is 3.29. The van der Waals surface area contributed by atoms with E-state index in [0.717, 1.165) is 35.7 Å². The summed E-state index contributed by atoms with van der Waals surface area (Å²) in [6.45, 7) is 1.60. The van der Waals surface area contributed by atoms with Crippen LogP contribution in [0.15, 0.2) is 42.5 Å². The standard InChI is InChI=1S/C16H18FNO2/c1-19-15-8-5-13(16(9-15)20-2)11-18-10-12-3-6-14(17)7-4-12/h3-9,18H,10-11H2,1-2H3/p+1. The van der Waals surface area contributed by atoms with Crippen LogP contribution in [0.4, 0.5) is 4.39 Å². The van der Waals surface area contributed by atoms with Gasteiger partial charge >= 0.3 is 0 Å². The Morgan fingerprint density at radius 3 is 2.35 bits per heavy atom. The predicted octanol–water partition coefficient (Wildman–Crippen LogP) is 2.11. The normalized spacial score (nSPS) is 10.3. The van der Waals surface area contributed by atoms with Crippen LogP contribution in [0.25, 0.3) is 0 Å². The SMILES string of the molecule is COc1ccc(C[NH2+]Cc2ccc(F)cc2)c(OC)c1. The highest BCUT2D eigenvalue weighted by Gasteiger charge is 2.06. The highest BCUT2D eigenvalue weighted by Crippen LogP contribution is 2.23. The third-order valence-electron chi connectivity index (χ3n) is 3.15. The Hall–Kier alpha value is -2.07. The molecule has 0 fully saturated rings. The van der Waals surface area contributed by atoms with E-state index in [4.69, 9.17) is 9.47 Å². The molecule has 0 unspecified atom stereocenters. The first kappa shape index (κ1) is 14.3. The minimum atomic E-state index is -0.203. The van der Waals surface area contributed by atoms with Crippen LogP contribution in [0.2, 0.25) is 0 Å². The molecule has 0 atom stereocenters. The minimum Gasteiger partial charge on any atom is -0.497 e. The third-order valence-corrected chi connectivity index (χ3v) is 3.15. The fraction of sp³-hybridized carbons (Fsp3) is 0.250. The van der Waals surface area contributed by atoms with Crippen molar-refractivity contribution in [2.24, 2.45) is 0 Å². The maximum absolute atomic E-state index is 12.8. The van der Waals surface area contributed by atoms with Crippen molar-refractivity contribution >= 4 is 0 Å². The Bertz CT molecular complexity index is 555. The number of ether oxygens (including phenoxy) is 2. The van der Waals surface area contributed by atoms with Gasteiger partial charge in [0.1, 0.15) is 30.4 Å². The van der Waals surface area contributed by atoms with E-state index in [0.29, 0.717) is 0 Å². The number of methoxy groups -OCH3 is 2. The fourth-order valence-corrected chi connectivity index (χ4v) is 2.04. The van der Waals surface area contributed by atoms with Gasteiger partial charge in [0.2, 0.25) is 0 Å². The number of nitrogens with two attached hydrogens (primary N) is 1. The Balaban J connectivity index is 1.95. The first-order chi connectivity index (χ1) is 9.72. The van der Waals surface area contributed by atoms with Crippen LogP contribution in [0, 0.1) is 5.82 Å². The molecule has 0 aromatic heterocycles. The molecule has 0 aliphatic heterocycles. The number of rotatable bonds is 6. The Morgan fingerprint density at radius 2 is 1.70 bits per heavy atom. The van der Waals surface area contributed by atoms with Gasteiger partial charge in [-0.2, -0.15) is 0 Å². The van der Waals surface area contributed by atoms with Gasteiger partial charge in [0.25, 0.3) is 0 Å². The van der Waals surface area contributed by atoms with Crippen LogP contribution in [0.3, 0.4) is 0 Å². The zero-order chi connectivity index (χ0) is 14.4. The second kappa shape index (κ2) is 6.91. The minimum absolute atomic E-state index is 0.203. The van der Waals surface area contributed by atoms with E-state index in [1.807, 2.05) is 18.2 Å². The number of hydrogen-bond donors (Lipinski definition) is 1. The van der Waals surface area contributed by atoms with Gasteiger partial charge in [0.05, 0.1) is 14.2 Å². The largest absolute Gasteiger partial charge is 0.497 e. The van der Waals surface area contributed by atoms with Gasteiger partial charge in [-0.3, -0.25) is 0 Å². The smallest absolute Gasteiger partial charge is 0.131 e. The summed E-state index contributed by atoms with van der Waals surface area (Å²) in [5.74, 6) is 1.40. The molecule has 2 N–H and O–H groups in total. The molecule has 0 amide bonds. The zero-order valence-corrected chi connectivity index (χ0v) is 11.7. The van der Waals surface area contributed by atoms with Gasteiger partial charge in [-0.1, -0.05) is 12.1 Å². The average molecular weight is 276 g/mol. The molecule has 0 radical (unpaired) electrons. The van der Waals surface area contributed by atoms with E-state index in [9.17, 15) is 4.39 Å². The molecule has 4 heteroatoms. The van der Waals surface area contributed by atoms with E-state index in [1.54, 1.807) is 26.4 Å². The highest BCUT2D eigenvalue weighted by molar-refractivity contribution is 5.40. The van der Waals surface area contributed by atoms with Gasteiger partial charge in [-0.15, -0.1) is 0 Å². The summed E-state index contributed by atoms with van der Waals surface area (Å²) < 4.78 is 23.3. The summed E-state index contributed by atoms with van der Waals surface area (Å²) in [5.41, 5.74) is 2.20. The fourth-order valence-electron chi connectivity index (χ4n) is 2.04. The molecule has 0 heterocycles. The van der Waals surface area contributed by atoms with E-state index in [2.05, 4.69) is 5.32 Å². The van der Waals surface area contributed by atoms with Gasteiger partial charge in [0, 0.05) is 17.2 Å². The van der Waals surface area contributed by atoms with Crippen molar-refractivity contribution in [2.45, 2.75) is 13.1 Å². The average Bonchev–Trinajstić information content (AvgIpc) is 2.49. The van der Waals surface area contributed by atoms with Crippen LogP contribution in [-0.4, -0.2) is 14.2 Å². The molecule has 2 aromatic rings. The lowest BCUT2D eigenvalue weighted by Crippen LogP contribution is -2.80. The molecule has 106 valence electrons. The third kappa shape index (κ3) is 3.71. The van der Waals surface area contributed by atoms with E-state index in [1.165, 1.54) is 12.1 Å². The predicted molar refractivity (Wildman–Crippen MR) is 75.3 cm³/mol. The number of benzene rings is 2. The van der Waals surface area contributed by atoms with Crippen LogP contribution in [0.5, 0.6) is 11.5 Å². The van der Waals surface area contributed by atoms with Gasteiger partial charge in [-0.05, 0) is 24.3 Å². The topological polar surface area (TPSA) is 35.1 Å². The van der Waals surface area contributed by atoms with Crippen LogP contribution in [-0.2, 0) is 13.1 Å². The molecule has 20 heavy (non-hydrogen) atoms. The molecular formula is C16H19FNO2+. The van der Waals surface area contributed by atoms with Crippen molar-refractivity contribution in [3.05, 3.63) is 59.4 Å². The summed E-state index contributed by atoms with van der Waals surface area (Å²) >= 11 is 0. The maximum Gasteiger partial charge on any atom is 0.131 e. The molecule has 2 aromatic carbocycles. The van der Waals surface area contributed by atoms with Gasteiger partial charge in [0.15, 0.2) is 0 Å². The summed E-state index contributed by atoms with van der Waals surface area (Å²) in [4.78, 5) is 0.